The number of esters is 2. The SMILES string of the molecule is COSCCC(=O)OC(C)C(NC(=O)OCc1ccccc1)C(=O)OC. The van der Waals surface area contributed by atoms with Crippen molar-refractivity contribution in [1.29, 1.82) is 0 Å². The smallest absolute Gasteiger partial charge is 0.408 e. The van der Waals surface area contributed by atoms with Gasteiger partial charge >= 0.3 is 18.0 Å². The van der Waals surface area contributed by atoms with Crippen LogP contribution in [0, 0.1) is 0 Å². The van der Waals surface area contributed by atoms with Crippen molar-refractivity contribution in [1.82, 2.24) is 5.32 Å². The summed E-state index contributed by atoms with van der Waals surface area (Å²) >= 11 is 1.12. The normalized spacial score (nSPS) is 12.6. The van der Waals surface area contributed by atoms with Gasteiger partial charge in [0.1, 0.15) is 12.7 Å². The largest absolute Gasteiger partial charge is 0.467 e. The molecule has 0 aliphatic carbocycles. The van der Waals surface area contributed by atoms with Crippen molar-refractivity contribution < 1.29 is 32.8 Å². The molecule has 0 aliphatic rings. The second kappa shape index (κ2) is 12.2. The molecule has 0 bridgehead atoms. The maximum absolute atomic E-state index is 11.9. The highest BCUT2D eigenvalue weighted by molar-refractivity contribution is 7.94. The van der Waals surface area contributed by atoms with E-state index in [4.69, 9.17) is 13.7 Å². The lowest BCUT2D eigenvalue weighted by Gasteiger charge is -2.22. The molecule has 1 aromatic carbocycles. The highest BCUT2D eigenvalue weighted by Gasteiger charge is 2.31. The van der Waals surface area contributed by atoms with Gasteiger partial charge < -0.3 is 23.7 Å². The quantitative estimate of drug-likeness (QED) is 0.283. The van der Waals surface area contributed by atoms with E-state index in [1.54, 1.807) is 12.1 Å². The van der Waals surface area contributed by atoms with E-state index in [1.807, 2.05) is 18.2 Å². The van der Waals surface area contributed by atoms with E-state index in [0.29, 0.717) is 5.75 Å². The molecule has 0 aromatic heterocycles. The van der Waals surface area contributed by atoms with Gasteiger partial charge in [-0.05, 0) is 24.5 Å². The summed E-state index contributed by atoms with van der Waals surface area (Å²) in [5, 5.41) is 2.37. The lowest BCUT2D eigenvalue weighted by molar-refractivity contribution is -0.155. The van der Waals surface area contributed by atoms with E-state index in [1.165, 1.54) is 21.1 Å². The van der Waals surface area contributed by atoms with Gasteiger partial charge in [-0.25, -0.2) is 9.59 Å². The number of rotatable bonds is 10. The van der Waals surface area contributed by atoms with E-state index < -0.39 is 30.2 Å². The predicted octanol–water partition coefficient (Wildman–Crippen LogP) is 2.07. The van der Waals surface area contributed by atoms with Gasteiger partial charge in [0, 0.05) is 5.75 Å². The van der Waals surface area contributed by atoms with Crippen molar-refractivity contribution in [3.8, 4) is 0 Å². The number of amides is 1. The number of carbonyl (C=O) groups is 3. The third-order valence-electron chi connectivity index (χ3n) is 3.24. The molecule has 26 heavy (non-hydrogen) atoms. The fraction of sp³-hybridized carbons (Fsp3) is 0.471. The van der Waals surface area contributed by atoms with Gasteiger partial charge in [-0.2, -0.15) is 0 Å². The number of nitrogens with one attached hydrogen (secondary N) is 1. The van der Waals surface area contributed by atoms with Crippen LogP contribution < -0.4 is 5.32 Å². The maximum Gasteiger partial charge on any atom is 0.408 e. The average Bonchev–Trinajstić information content (AvgIpc) is 2.64. The van der Waals surface area contributed by atoms with E-state index >= 15 is 0 Å². The Morgan fingerprint density at radius 1 is 1.15 bits per heavy atom. The molecule has 1 N–H and O–H groups in total. The zero-order chi connectivity index (χ0) is 19.4. The van der Waals surface area contributed by atoms with Crippen LogP contribution in [0.15, 0.2) is 30.3 Å². The Balaban J connectivity index is 2.55. The molecule has 1 aromatic rings. The van der Waals surface area contributed by atoms with Crippen LogP contribution in [-0.2, 0) is 34.6 Å². The van der Waals surface area contributed by atoms with Crippen molar-refractivity contribution in [3.63, 3.8) is 0 Å². The van der Waals surface area contributed by atoms with E-state index in [-0.39, 0.29) is 13.0 Å². The maximum atomic E-state index is 11.9. The van der Waals surface area contributed by atoms with Gasteiger partial charge in [0.05, 0.1) is 20.6 Å². The zero-order valence-electron chi connectivity index (χ0n) is 14.9. The van der Waals surface area contributed by atoms with E-state index in [2.05, 4.69) is 10.1 Å². The topological polar surface area (TPSA) is 100 Å². The van der Waals surface area contributed by atoms with Gasteiger partial charge in [-0.15, -0.1) is 0 Å². The first kappa shape index (κ1) is 21.8. The van der Waals surface area contributed by atoms with Crippen LogP contribution in [0.1, 0.15) is 18.9 Å². The Bertz CT molecular complexity index is 582. The van der Waals surface area contributed by atoms with Crippen LogP contribution in [0.25, 0.3) is 0 Å². The Labute approximate surface area is 156 Å². The molecule has 0 saturated carbocycles. The fourth-order valence-electron chi connectivity index (χ4n) is 1.93. The number of hydrogen-bond acceptors (Lipinski definition) is 8. The van der Waals surface area contributed by atoms with E-state index in [0.717, 1.165) is 17.6 Å². The van der Waals surface area contributed by atoms with Crippen LogP contribution in [0.4, 0.5) is 4.79 Å². The number of ether oxygens (including phenoxy) is 3. The van der Waals surface area contributed by atoms with Crippen molar-refractivity contribution in [3.05, 3.63) is 35.9 Å². The van der Waals surface area contributed by atoms with Crippen LogP contribution >= 0.6 is 12.0 Å². The molecule has 0 fully saturated rings. The number of carbonyl (C=O) groups excluding carboxylic acids is 3. The molecule has 1 rings (SSSR count). The van der Waals surface area contributed by atoms with Crippen molar-refractivity contribution >= 4 is 30.1 Å². The molecule has 9 heteroatoms. The Hall–Kier alpha value is -2.26. The molecule has 0 heterocycles. The van der Waals surface area contributed by atoms with Crippen LogP contribution in [0.2, 0.25) is 0 Å². The molecule has 0 aliphatic heterocycles. The number of hydrogen-bond donors (Lipinski definition) is 1. The first-order valence-electron chi connectivity index (χ1n) is 7.88. The Kier molecular flexibility index (Phi) is 10.2. The van der Waals surface area contributed by atoms with Crippen molar-refractivity contribution in [2.75, 3.05) is 20.0 Å². The molecule has 0 radical (unpaired) electrons. The molecule has 8 nitrogen and oxygen atoms in total. The number of methoxy groups -OCH3 is 1. The van der Waals surface area contributed by atoms with Crippen molar-refractivity contribution in [2.24, 2.45) is 0 Å². The second-order valence-corrected chi connectivity index (χ2v) is 6.12. The summed E-state index contributed by atoms with van der Waals surface area (Å²) in [6.45, 7) is 1.53. The fourth-order valence-corrected chi connectivity index (χ4v) is 2.35. The standard InChI is InChI=1S/C17H23NO7S/c1-12(25-14(19)9-10-26-23-3)15(16(20)22-2)18-17(21)24-11-13-7-5-4-6-8-13/h4-8,12,15H,9-11H2,1-3H3,(H,18,21). The molecule has 0 saturated heterocycles. The predicted molar refractivity (Wildman–Crippen MR) is 95.2 cm³/mol. The first-order chi connectivity index (χ1) is 12.5. The summed E-state index contributed by atoms with van der Waals surface area (Å²) in [6, 6.07) is 7.90. The highest BCUT2D eigenvalue weighted by atomic mass is 32.2. The number of benzene rings is 1. The average molecular weight is 385 g/mol. The molecule has 2 atom stereocenters. The highest BCUT2D eigenvalue weighted by Crippen LogP contribution is 2.08. The molecule has 144 valence electrons. The van der Waals surface area contributed by atoms with Crippen LogP contribution in [-0.4, -0.2) is 50.2 Å². The lowest BCUT2D eigenvalue weighted by Crippen LogP contribution is -2.49. The summed E-state index contributed by atoms with van der Waals surface area (Å²) in [4.78, 5) is 35.6. The minimum atomic E-state index is -1.18. The van der Waals surface area contributed by atoms with E-state index in [9.17, 15) is 14.4 Å². The summed E-state index contributed by atoms with van der Waals surface area (Å²) in [5.74, 6) is -0.846. The van der Waals surface area contributed by atoms with Gasteiger partial charge in [0.2, 0.25) is 0 Å². The van der Waals surface area contributed by atoms with Gasteiger partial charge in [-0.1, -0.05) is 30.3 Å². The molecular formula is C17H23NO7S. The van der Waals surface area contributed by atoms with Gasteiger partial charge in [-0.3, -0.25) is 4.79 Å². The Morgan fingerprint density at radius 3 is 2.46 bits per heavy atom. The van der Waals surface area contributed by atoms with Crippen LogP contribution in [0.5, 0.6) is 0 Å². The van der Waals surface area contributed by atoms with Gasteiger partial charge in [0.25, 0.3) is 0 Å². The molecule has 0 spiro atoms. The summed E-state index contributed by atoms with van der Waals surface area (Å²) in [7, 11) is 2.67. The third-order valence-corrected chi connectivity index (χ3v) is 3.84. The second-order valence-electron chi connectivity index (χ2n) is 5.14. The van der Waals surface area contributed by atoms with Crippen LogP contribution in [0.3, 0.4) is 0 Å². The number of alkyl carbamates (subject to hydrolysis) is 1. The molecule has 1 amide bonds. The Morgan fingerprint density at radius 2 is 1.85 bits per heavy atom. The van der Waals surface area contributed by atoms with Gasteiger partial charge in [0.15, 0.2) is 6.04 Å². The first-order valence-corrected chi connectivity index (χ1v) is 8.79. The molecule has 2 unspecified atom stereocenters. The summed E-state index contributed by atoms with van der Waals surface area (Å²) < 4.78 is 19.7. The monoisotopic (exact) mass is 385 g/mol. The summed E-state index contributed by atoms with van der Waals surface area (Å²) in [5.41, 5.74) is 0.799. The van der Waals surface area contributed by atoms with Crippen molar-refractivity contribution in [2.45, 2.75) is 32.1 Å². The zero-order valence-corrected chi connectivity index (χ0v) is 15.7. The third kappa shape index (κ3) is 8.21. The summed E-state index contributed by atoms with van der Waals surface area (Å²) in [6.07, 6.45) is -1.64. The molecular weight excluding hydrogens is 362 g/mol. The minimum Gasteiger partial charge on any atom is -0.467 e. The minimum absolute atomic E-state index is 0.0446. The lowest BCUT2D eigenvalue weighted by atomic mass is 10.2.